The van der Waals surface area contributed by atoms with Crippen molar-refractivity contribution in [2.24, 2.45) is 0 Å². The van der Waals surface area contributed by atoms with Crippen molar-refractivity contribution < 1.29 is 22.7 Å². The van der Waals surface area contributed by atoms with E-state index in [9.17, 15) is 13.2 Å². The van der Waals surface area contributed by atoms with Gasteiger partial charge in [-0.15, -0.1) is 11.3 Å². The quantitative estimate of drug-likeness (QED) is 0.461. The monoisotopic (exact) mass is 541 g/mol. The third-order valence-electron chi connectivity index (χ3n) is 5.03. The highest BCUT2D eigenvalue weighted by Crippen LogP contribution is 2.35. The van der Waals surface area contributed by atoms with Crippen LogP contribution in [0.4, 0.5) is 5.13 Å². The molecule has 1 aromatic heterocycles. The van der Waals surface area contributed by atoms with Gasteiger partial charge >= 0.3 is 0 Å². The topological polar surface area (TPSA) is 97.8 Å². The molecule has 3 aromatic rings. The van der Waals surface area contributed by atoms with Crippen molar-refractivity contribution in [3.05, 3.63) is 57.4 Å². The second-order valence-corrected chi connectivity index (χ2v) is 10.8. The summed E-state index contributed by atoms with van der Waals surface area (Å²) in [7, 11) is -3.57. The second-order valence-electron chi connectivity index (χ2n) is 7.23. The Hall–Kier alpha value is -2.21. The Balaban J connectivity index is 1.47. The van der Waals surface area contributed by atoms with Crippen molar-refractivity contribution in [3.63, 3.8) is 0 Å². The Bertz CT molecular complexity index is 1270. The maximum absolute atomic E-state index is 12.8. The van der Waals surface area contributed by atoms with Crippen molar-refractivity contribution in [1.82, 2.24) is 9.29 Å². The summed E-state index contributed by atoms with van der Waals surface area (Å²) in [5, 5.41) is 5.37. The minimum atomic E-state index is -3.57. The number of amides is 1. The number of thiazole rings is 1. The average Bonchev–Trinajstić information content (AvgIpc) is 3.30. The van der Waals surface area contributed by atoms with Crippen LogP contribution in [-0.2, 0) is 14.8 Å². The molecule has 0 atom stereocenters. The van der Waals surface area contributed by atoms with Gasteiger partial charge in [-0.3, -0.25) is 10.1 Å². The first kappa shape index (κ1) is 24.9. The molecule has 1 aliphatic rings. The summed E-state index contributed by atoms with van der Waals surface area (Å²) < 4.78 is 37.6. The lowest BCUT2D eigenvalue weighted by Crippen LogP contribution is -2.40. The van der Waals surface area contributed by atoms with Crippen LogP contribution in [0.3, 0.4) is 0 Å². The number of nitrogens with zero attached hydrogens (tertiary/aromatic N) is 2. The molecule has 2 heterocycles. The maximum atomic E-state index is 12.8. The first-order valence-electron chi connectivity index (χ1n) is 10.4. The molecule has 0 unspecified atom stereocenters. The summed E-state index contributed by atoms with van der Waals surface area (Å²) in [6.45, 7) is 3.66. The van der Waals surface area contributed by atoms with E-state index in [-0.39, 0.29) is 20.5 Å². The molecule has 0 saturated carbocycles. The molecule has 34 heavy (non-hydrogen) atoms. The molecule has 8 nitrogen and oxygen atoms in total. The van der Waals surface area contributed by atoms with Gasteiger partial charge in [0.1, 0.15) is 0 Å². The summed E-state index contributed by atoms with van der Waals surface area (Å²) in [5.41, 5.74) is 1.61. The number of rotatable bonds is 7. The Morgan fingerprint density at radius 2 is 1.82 bits per heavy atom. The van der Waals surface area contributed by atoms with Gasteiger partial charge in [-0.2, -0.15) is 4.31 Å². The second kappa shape index (κ2) is 10.6. The summed E-state index contributed by atoms with van der Waals surface area (Å²) in [5.74, 6) is -0.0855. The van der Waals surface area contributed by atoms with E-state index in [0.29, 0.717) is 49.5 Å². The first-order valence-corrected chi connectivity index (χ1v) is 13.4. The number of hydrogen-bond donors (Lipinski definition) is 1. The molecule has 1 fully saturated rings. The third-order valence-corrected chi connectivity index (χ3v) is 8.26. The van der Waals surface area contributed by atoms with E-state index in [1.54, 1.807) is 29.6 Å². The lowest BCUT2D eigenvalue weighted by molar-refractivity contribution is 0.0730. The highest BCUT2D eigenvalue weighted by molar-refractivity contribution is 7.89. The smallest absolute Gasteiger partial charge is 0.257 e. The van der Waals surface area contributed by atoms with Crippen LogP contribution in [0, 0.1) is 0 Å². The van der Waals surface area contributed by atoms with E-state index in [1.165, 1.54) is 27.8 Å². The van der Waals surface area contributed by atoms with Gasteiger partial charge in [-0.05, 0) is 31.2 Å². The Morgan fingerprint density at radius 1 is 1.18 bits per heavy atom. The van der Waals surface area contributed by atoms with Crippen LogP contribution < -0.4 is 10.1 Å². The minimum absolute atomic E-state index is 0.214. The van der Waals surface area contributed by atoms with E-state index >= 15 is 0 Å². The Labute approximate surface area is 211 Å². The predicted octanol–water partition coefficient (Wildman–Crippen LogP) is 4.79. The van der Waals surface area contributed by atoms with Gasteiger partial charge in [0.05, 0.1) is 40.5 Å². The first-order chi connectivity index (χ1) is 16.3. The molecule has 0 radical (unpaired) electrons. The van der Waals surface area contributed by atoms with E-state index in [1.807, 2.05) is 6.92 Å². The molecule has 0 spiro atoms. The molecule has 1 amide bonds. The number of aromatic nitrogens is 1. The van der Waals surface area contributed by atoms with Crippen molar-refractivity contribution in [2.75, 3.05) is 38.2 Å². The molecule has 0 aliphatic carbocycles. The molecule has 1 aliphatic heterocycles. The van der Waals surface area contributed by atoms with Gasteiger partial charge in [0.2, 0.25) is 10.0 Å². The lowest BCUT2D eigenvalue weighted by atomic mass is 10.2. The van der Waals surface area contributed by atoms with Crippen molar-refractivity contribution >= 4 is 55.6 Å². The number of morpholine rings is 1. The number of ether oxygens (including phenoxy) is 2. The van der Waals surface area contributed by atoms with Crippen LogP contribution in [0.1, 0.15) is 17.3 Å². The fourth-order valence-corrected chi connectivity index (χ4v) is 6.06. The molecule has 180 valence electrons. The molecule has 1 saturated heterocycles. The third kappa shape index (κ3) is 5.37. The van der Waals surface area contributed by atoms with Crippen molar-refractivity contribution in [3.8, 4) is 17.0 Å². The van der Waals surface area contributed by atoms with Crippen LogP contribution in [-0.4, -0.2) is 56.5 Å². The minimum Gasteiger partial charge on any atom is -0.491 e. The fraction of sp³-hybridized carbons (Fsp3) is 0.273. The molecule has 12 heteroatoms. The molecule has 2 aromatic carbocycles. The fourth-order valence-electron chi connectivity index (χ4n) is 3.34. The number of anilines is 1. The van der Waals surface area contributed by atoms with Gasteiger partial charge in [-0.1, -0.05) is 35.3 Å². The van der Waals surface area contributed by atoms with Gasteiger partial charge < -0.3 is 9.47 Å². The zero-order chi connectivity index (χ0) is 24.3. The van der Waals surface area contributed by atoms with Crippen molar-refractivity contribution in [2.45, 2.75) is 11.8 Å². The van der Waals surface area contributed by atoms with Gasteiger partial charge in [0.15, 0.2) is 10.9 Å². The number of nitrogens with one attached hydrogen (secondary N) is 1. The normalized spacial score (nSPS) is 14.7. The molecule has 1 N–H and O–H groups in total. The molecule has 4 rings (SSSR count). The van der Waals surface area contributed by atoms with Crippen LogP contribution >= 0.6 is 34.5 Å². The largest absolute Gasteiger partial charge is 0.491 e. The highest BCUT2D eigenvalue weighted by atomic mass is 35.5. The highest BCUT2D eigenvalue weighted by Gasteiger charge is 2.26. The Kier molecular flexibility index (Phi) is 7.76. The molecule has 0 bridgehead atoms. The van der Waals surface area contributed by atoms with E-state index in [4.69, 9.17) is 32.7 Å². The maximum Gasteiger partial charge on any atom is 0.257 e. The number of hydrogen-bond acceptors (Lipinski definition) is 7. The van der Waals surface area contributed by atoms with Gasteiger partial charge in [0, 0.05) is 29.6 Å². The van der Waals surface area contributed by atoms with Crippen molar-refractivity contribution in [1.29, 1.82) is 0 Å². The molecular formula is C22H21Cl2N3O5S2. The van der Waals surface area contributed by atoms with Crippen LogP contribution in [0.5, 0.6) is 5.75 Å². The van der Waals surface area contributed by atoms with E-state index in [2.05, 4.69) is 10.3 Å². The molecular weight excluding hydrogens is 521 g/mol. The number of halogens is 2. The van der Waals surface area contributed by atoms with Crippen LogP contribution in [0.2, 0.25) is 10.0 Å². The lowest BCUT2D eigenvalue weighted by Gasteiger charge is -2.26. The summed E-state index contributed by atoms with van der Waals surface area (Å²) >= 11 is 13.6. The Morgan fingerprint density at radius 3 is 2.44 bits per heavy atom. The average molecular weight is 542 g/mol. The van der Waals surface area contributed by atoms with Gasteiger partial charge in [0.25, 0.3) is 5.91 Å². The predicted molar refractivity (Wildman–Crippen MR) is 133 cm³/mol. The van der Waals surface area contributed by atoms with Crippen LogP contribution in [0.15, 0.2) is 46.7 Å². The summed E-state index contributed by atoms with van der Waals surface area (Å²) in [6, 6.07) is 9.47. The van der Waals surface area contributed by atoms with Crippen LogP contribution in [0.25, 0.3) is 11.3 Å². The zero-order valence-electron chi connectivity index (χ0n) is 18.1. The van der Waals surface area contributed by atoms with Gasteiger partial charge in [-0.25, -0.2) is 13.4 Å². The van der Waals surface area contributed by atoms with E-state index in [0.717, 1.165) is 5.56 Å². The number of carbonyl (C=O) groups excluding carboxylic acids is 1. The number of sulfonamides is 1. The summed E-state index contributed by atoms with van der Waals surface area (Å²) in [6.07, 6.45) is 0. The number of carbonyl (C=O) groups is 1. The summed E-state index contributed by atoms with van der Waals surface area (Å²) in [4.78, 5) is 17.3. The van der Waals surface area contributed by atoms with E-state index < -0.39 is 15.9 Å². The standard InChI is InChI=1S/C22H21Cl2N3O5S2/c1-2-32-20-17(23)11-15(12-18(20)24)21(28)26-22-25-19(13-33-22)14-3-5-16(6-4-14)34(29,30)27-7-9-31-10-8-27/h3-6,11-13H,2,7-10H2,1H3,(H,25,26,28). The zero-order valence-corrected chi connectivity index (χ0v) is 21.2. The number of benzene rings is 2. The SMILES string of the molecule is CCOc1c(Cl)cc(C(=O)Nc2nc(-c3ccc(S(=O)(=O)N4CCOCC4)cc3)cs2)cc1Cl.